The number of urea groups is 2. The Morgan fingerprint density at radius 2 is 1.39 bits per heavy atom. The number of isocyanates is 2. The van der Waals surface area contributed by atoms with E-state index in [-0.39, 0.29) is 27.6 Å². The first-order chi connectivity index (χ1) is 8.62. The van der Waals surface area contributed by atoms with Crippen LogP contribution < -0.4 is 20.8 Å². The van der Waals surface area contributed by atoms with E-state index < -0.39 is 0 Å². The van der Waals surface area contributed by atoms with Crippen LogP contribution in [0.25, 0.3) is 0 Å². The molecule has 0 radical (unpaired) electrons. The van der Waals surface area contributed by atoms with Gasteiger partial charge < -0.3 is 20.8 Å². The zero-order chi connectivity index (χ0) is 14.2. The molecule has 0 aromatic rings. The molecule has 0 aliphatic heterocycles. The smallest absolute Gasteiger partial charge is 0.319 e. The predicted molar refractivity (Wildman–Crippen MR) is 72.2 cm³/mol. The van der Waals surface area contributed by atoms with Crippen LogP contribution in [0.5, 0.6) is 0 Å². The van der Waals surface area contributed by atoms with Gasteiger partial charge in [-0.25, -0.2) is 19.2 Å². The van der Waals surface area contributed by atoms with Crippen LogP contribution in [0.3, 0.4) is 0 Å². The summed E-state index contributed by atoms with van der Waals surface area (Å²) in [6.45, 7) is 0.0838. The Morgan fingerprint density at radius 3 is 1.67 bits per heavy atom. The first-order valence-corrected chi connectivity index (χ1v) is 6.04. The van der Waals surface area contributed by atoms with Crippen molar-refractivity contribution < 1.29 is 19.2 Å². The van der Waals surface area contributed by atoms with Gasteiger partial charge in [-0.15, -0.1) is 0 Å². The second kappa shape index (κ2) is 15.6. The highest BCUT2D eigenvalue weighted by molar-refractivity contribution is 7.35. The molecular formula is C5H11N6O4P3. The van der Waals surface area contributed by atoms with Gasteiger partial charge in [-0.1, -0.05) is 0 Å². The van der Waals surface area contributed by atoms with Crippen LogP contribution in [-0.2, 0) is 9.59 Å². The van der Waals surface area contributed by atoms with Gasteiger partial charge in [0, 0.05) is 0 Å². The van der Waals surface area contributed by atoms with Crippen molar-refractivity contribution in [2.75, 3.05) is 6.67 Å². The van der Waals surface area contributed by atoms with E-state index in [1.807, 2.05) is 18.8 Å². The van der Waals surface area contributed by atoms with Gasteiger partial charge in [0.15, 0.2) is 8.88 Å². The number of carbonyl (C=O) groups is 2. The molecule has 13 heteroatoms. The van der Waals surface area contributed by atoms with Crippen LogP contribution in [-0.4, -0.2) is 30.9 Å². The Balaban J connectivity index is 0. The lowest BCUT2D eigenvalue weighted by Gasteiger charge is -2.04. The Morgan fingerprint density at radius 1 is 1.00 bits per heavy atom. The molecule has 0 aliphatic carbocycles. The molecule has 0 aliphatic rings. The van der Waals surface area contributed by atoms with E-state index in [1.165, 1.54) is 12.2 Å². The van der Waals surface area contributed by atoms with E-state index in [9.17, 15) is 19.2 Å². The normalized spacial score (nSPS) is 7.89. The average Bonchev–Trinajstić information content (AvgIpc) is 2.39. The molecule has 0 heterocycles. The van der Waals surface area contributed by atoms with Crippen LogP contribution in [0.1, 0.15) is 0 Å². The lowest BCUT2D eigenvalue weighted by molar-refractivity contribution is 0.240. The SMILES string of the molecule is O=C(NP)NCNC(=O)NP.O=C=NPN=C=O. The number of rotatable bonds is 4. The molecule has 0 saturated carbocycles. The van der Waals surface area contributed by atoms with Crippen molar-refractivity contribution in [2.24, 2.45) is 9.53 Å². The summed E-state index contributed by atoms with van der Waals surface area (Å²) in [5.74, 6) is 0. The molecule has 18 heavy (non-hydrogen) atoms. The van der Waals surface area contributed by atoms with Gasteiger partial charge in [0.1, 0.15) is 0 Å². The summed E-state index contributed by atoms with van der Waals surface area (Å²) in [7, 11) is 3.70. The standard InChI is InChI=1S/C3H10N4O2P2.C2HN2O2P/c8-2(6-10)4-1-5-3(9)7-11;5-1-3-7-4-2-6/h1,10-11H2,(H2,4,6,8)(H2,5,7,9);7H. The molecule has 2 unspecified atom stereocenters. The van der Waals surface area contributed by atoms with Crippen LogP contribution in [0.15, 0.2) is 9.53 Å². The summed E-state index contributed by atoms with van der Waals surface area (Å²) in [5, 5.41) is 9.18. The largest absolute Gasteiger partial charge is 0.323 e. The van der Waals surface area contributed by atoms with Crippen molar-refractivity contribution >= 4 is 51.9 Å². The van der Waals surface area contributed by atoms with E-state index in [0.29, 0.717) is 0 Å². The molecule has 10 nitrogen and oxygen atoms in total. The third kappa shape index (κ3) is 17.0. The topological polar surface area (TPSA) is 141 Å². The van der Waals surface area contributed by atoms with Crippen molar-refractivity contribution in [3.8, 4) is 0 Å². The van der Waals surface area contributed by atoms with Gasteiger partial charge in [0.25, 0.3) is 0 Å². The third-order valence-corrected chi connectivity index (χ3v) is 1.86. The van der Waals surface area contributed by atoms with Crippen molar-refractivity contribution in [3.63, 3.8) is 0 Å². The summed E-state index contributed by atoms with van der Waals surface area (Å²) < 4.78 is 5.91. The second-order valence-corrected chi connectivity index (χ2v) is 3.21. The second-order valence-electron chi connectivity index (χ2n) is 1.98. The maximum absolute atomic E-state index is 10.5. The molecular weight excluding hydrogens is 301 g/mol. The van der Waals surface area contributed by atoms with Crippen LogP contribution in [0.4, 0.5) is 9.59 Å². The molecule has 0 spiro atoms. The minimum absolute atomic E-state index is 0.0838. The molecule has 0 rings (SSSR count). The first kappa shape index (κ1) is 18.9. The zero-order valence-corrected chi connectivity index (χ0v) is 12.2. The summed E-state index contributed by atoms with van der Waals surface area (Å²) >= 11 is 0. The molecule has 2 atom stereocenters. The van der Waals surface area contributed by atoms with Gasteiger partial charge >= 0.3 is 12.1 Å². The monoisotopic (exact) mass is 312 g/mol. The van der Waals surface area contributed by atoms with Crippen molar-refractivity contribution in [3.05, 3.63) is 0 Å². The molecule has 0 fully saturated rings. The molecule has 4 amide bonds. The van der Waals surface area contributed by atoms with E-state index in [0.717, 1.165) is 0 Å². The van der Waals surface area contributed by atoms with E-state index in [4.69, 9.17) is 0 Å². The molecule has 100 valence electrons. The number of hydrogen-bond donors (Lipinski definition) is 4. The lowest BCUT2D eigenvalue weighted by atomic mass is 10.9. The molecule has 0 aromatic carbocycles. The number of amides is 4. The fraction of sp³-hybridized carbons (Fsp3) is 0.200. The minimum atomic E-state index is -0.376. The highest BCUT2D eigenvalue weighted by Crippen LogP contribution is 2.07. The van der Waals surface area contributed by atoms with Gasteiger partial charge in [-0.3, -0.25) is 0 Å². The summed E-state index contributed by atoms with van der Waals surface area (Å²) in [6, 6.07) is -0.752. The predicted octanol–water partition coefficient (Wildman–Crippen LogP) is -0.711. The fourth-order valence-corrected chi connectivity index (χ4v) is 0.708. The van der Waals surface area contributed by atoms with Crippen molar-refractivity contribution in [2.45, 2.75) is 0 Å². The molecule has 4 N–H and O–H groups in total. The maximum atomic E-state index is 10.5. The lowest BCUT2D eigenvalue weighted by Crippen LogP contribution is -2.41. The number of nitrogens with one attached hydrogen (secondary N) is 4. The Kier molecular flexibility index (Phi) is 16.4. The quantitative estimate of drug-likeness (QED) is 0.235. The van der Waals surface area contributed by atoms with E-state index in [1.54, 1.807) is 0 Å². The van der Waals surface area contributed by atoms with Crippen molar-refractivity contribution in [1.82, 2.24) is 20.8 Å². The molecule has 0 aromatic heterocycles. The van der Waals surface area contributed by atoms with Crippen LogP contribution in [0, 0.1) is 0 Å². The Bertz CT molecular complexity index is 321. The molecule has 0 saturated heterocycles. The summed E-state index contributed by atoms with van der Waals surface area (Å²) in [4.78, 5) is 39.3. The summed E-state index contributed by atoms with van der Waals surface area (Å²) in [5.41, 5.74) is 0. The van der Waals surface area contributed by atoms with Gasteiger partial charge in [-0.05, 0) is 18.8 Å². The number of nitrogens with zero attached hydrogens (tertiary/aromatic N) is 2. The van der Waals surface area contributed by atoms with E-state index >= 15 is 0 Å². The third-order valence-electron chi connectivity index (χ3n) is 0.951. The Labute approximate surface area is 109 Å². The van der Waals surface area contributed by atoms with E-state index in [2.05, 4.69) is 30.3 Å². The maximum Gasteiger partial charge on any atom is 0.319 e. The zero-order valence-electron chi connectivity index (χ0n) is 8.89. The Hall–Kier alpha value is -1.41. The van der Waals surface area contributed by atoms with Gasteiger partial charge in [0.2, 0.25) is 12.2 Å². The average molecular weight is 312 g/mol. The fourth-order valence-electron chi connectivity index (χ4n) is 0.373. The first-order valence-electron chi connectivity index (χ1n) is 4.00. The number of hydrogen-bond acceptors (Lipinski definition) is 6. The summed E-state index contributed by atoms with van der Waals surface area (Å²) in [6.07, 6.45) is 2.43. The molecule has 0 bridgehead atoms. The van der Waals surface area contributed by atoms with Gasteiger partial charge in [-0.2, -0.15) is 9.53 Å². The van der Waals surface area contributed by atoms with Crippen molar-refractivity contribution in [1.29, 1.82) is 0 Å². The van der Waals surface area contributed by atoms with Crippen LogP contribution in [0.2, 0.25) is 0 Å². The van der Waals surface area contributed by atoms with Crippen LogP contribution >= 0.6 is 27.7 Å². The highest BCUT2D eigenvalue weighted by Gasteiger charge is 1.96. The highest BCUT2D eigenvalue weighted by atomic mass is 31.1. The minimum Gasteiger partial charge on any atom is -0.323 e. The van der Waals surface area contributed by atoms with Gasteiger partial charge in [0.05, 0.1) is 6.67 Å². The number of carbonyl (C=O) groups excluding carboxylic acids is 4.